The Hall–Kier alpha value is -3.11. The number of carbonyl (C=O) groups is 5. The largest absolute Gasteiger partial charge is 0.480 e. The van der Waals surface area contributed by atoms with Crippen molar-refractivity contribution in [3.05, 3.63) is 0 Å². The number of rotatable bonds is 18. The number of carboxylic acid groups (broad SMARTS) is 1. The summed E-state index contributed by atoms with van der Waals surface area (Å²) in [5.41, 5.74) is 26.6. The summed E-state index contributed by atoms with van der Waals surface area (Å²) in [6.07, 6.45) is 1.15. The zero-order valence-corrected chi connectivity index (χ0v) is 20.3. The summed E-state index contributed by atoms with van der Waals surface area (Å²) in [5, 5.41) is 16.6. The number of hydrogen-bond donors (Lipinski definition) is 10. The second kappa shape index (κ2) is 17.3. The molecule has 0 aromatic carbocycles. The van der Waals surface area contributed by atoms with Crippen molar-refractivity contribution in [3.63, 3.8) is 0 Å². The molecule has 0 rings (SSSR count). The fraction of sp³-hybridized carbons (Fsp3) is 0.684. The average molecular weight is 520 g/mol. The van der Waals surface area contributed by atoms with Gasteiger partial charge in [0.25, 0.3) is 0 Å². The number of carboxylic acids is 1. The Morgan fingerprint density at radius 2 is 1.37 bits per heavy atom. The summed E-state index contributed by atoms with van der Waals surface area (Å²) in [7, 11) is 0. The lowest BCUT2D eigenvalue weighted by Gasteiger charge is -2.24. The molecule has 4 amide bonds. The van der Waals surface area contributed by atoms with Crippen LogP contribution >= 0.6 is 12.6 Å². The van der Waals surface area contributed by atoms with Gasteiger partial charge < -0.3 is 49.7 Å². The number of nitrogens with one attached hydrogen (secondary N) is 3. The molecule has 0 bridgehead atoms. The molecule has 4 atom stereocenters. The van der Waals surface area contributed by atoms with Crippen LogP contribution in [0.4, 0.5) is 0 Å². The van der Waals surface area contributed by atoms with Crippen molar-refractivity contribution in [2.24, 2.45) is 33.7 Å². The van der Waals surface area contributed by atoms with Crippen molar-refractivity contribution >= 4 is 48.2 Å². The third-order valence-electron chi connectivity index (χ3n) is 4.71. The molecule has 16 heteroatoms. The van der Waals surface area contributed by atoms with Crippen LogP contribution in [0.1, 0.15) is 38.5 Å². The van der Waals surface area contributed by atoms with Crippen LogP contribution in [0, 0.1) is 0 Å². The van der Waals surface area contributed by atoms with Gasteiger partial charge in [-0.3, -0.25) is 24.2 Å². The third kappa shape index (κ3) is 14.0. The number of nitrogens with zero attached hydrogens (tertiary/aromatic N) is 1. The van der Waals surface area contributed by atoms with Crippen molar-refractivity contribution in [1.29, 1.82) is 0 Å². The number of aliphatic carboxylic acids is 1. The number of hydrogen-bond acceptors (Lipinski definition) is 9. The lowest BCUT2D eigenvalue weighted by atomic mass is 10.1. The maximum Gasteiger partial charge on any atom is 0.326 e. The number of amides is 4. The Morgan fingerprint density at radius 1 is 0.829 bits per heavy atom. The van der Waals surface area contributed by atoms with Crippen LogP contribution < -0.4 is 44.6 Å². The molecule has 0 aliphatic rings. The zero-order chi connectivity index (χ0) is 27.0. The highest BCUT2D eigenvalue weighted by molar-refractivity contribution is 7.80. The van der Waals surface area contributed by atoms with Gasteiger partial charge in [-0.15, -0.1) is 0 Å². The summed E-state index contributed by atoms with van der Waals surface area (Å²) < 4.78 is 0. The Kier molecular flexibility index (Phi) is 15.8. The summed E-state index contributed by atoms with van der Waals surface area (Å²) in [4.78, 5) is 64.0. The first kappa shape index (κ1) is 31.9. The molecule has 200 valence electrons. The number of aliphatic imine (C=N–C) groups is 1. The van der Waals surface area contributed by atoms with Crippen LogP contribution in [0.25, 0.3) is 0 Å². The monoisotopic (exact) mass is 519 g/mol. The first-order chi connectivity index (χ1) is 16.4. The summed E-state index contributed by atoms with van der Waals surface area (Å²) >= 11 is 4.06. The Balaban J connectivity index is 5.22. The first-order valence-electron chi connectivity index (χ1n) is 11.0. The molecule has 0 radical (unpaired) electrons. The van der Waals surface area contributed by atoms with E-state index in [0.29, 0.717) is 19.4 Å². The number of guanidine groups is 1. The fourth-order valence-corrected chi connectivity index (χ4v) is 3.11. The molecule has 0 aromatic heterocycles. The molecule has 0 saturated carbocycles. The molecule has 35 heavy (non-hydrogen) atoms. The van der Waals surface area contributed by atoms with E-state index in [2.05, 4.69) is 33.6 Å². The Bertz CT molecular complexity index is 763. The second-order valence-electron chi connectivity index (χ2n) is 7.71. The van der Waals surface area contributed by atoms with Crippen molar-refractivity contribution in [3.8, 4) is 0 Å². The topological polar surface area (TPSA) is 284 Å². The van der Waals surface area contributed by atoms with Gasteiger partial charge in [0.1, 0.15) is 18.1 Å². The quantitative estimate of drug-likeness (QED) is 0.0361. The van der Waals surface area contributed by atoms with Gasteiger partial charge in [-0.1, -0.05) is 0 Å². The van der Waals surface area contributed by atoms with Gasteiger partial charge in [0, 0.05) is 12.3 Å². The lowest BCUT2D eigenvalue weighted by molar-refractivity contribution is -0.142. The minimum absolute atomic E-state index is 0.0423. The smallest absolute Gasteiger partial charge is 0.326 e. The van der Waals surface area contributed by atoms with Crippen LogP contribution in [0.2, 0.25) is 0 Å². The third-order valence-corrected chi connectivity index (χ3v) is 5.08. The van der Waals surface area contributed by atoms with Crippen LogP contribution in [0.5, 0.6) is 0 Å². The van der Waals surface area contributed by atoms with Gasteiger partial charge in [0.2, 0.25) is 23.6 Å². The minimum Gasteiger partial charge on any atom is -0.480 e. The molecular weight excluding hydrogens is 482 g/mol. The molecule has 4 unspecified atom stereocenters. The summed E-state index contributed by atoms with van der Waals surface area (Å²) in [6, 6.07) is -4.78. The van der Waals surface area contributed by atoms with E-state index in [1.807, 2.05) is 0 Å². The van der Waals surface area contributed by atoms with E-state index < -0.39 is 60.2 Å². The SMILES string of the molecule is NCCCCC(NC(=O)C(N)CC(N)=O)C(=O)NC(CS)C(=O)NC(CCCN=C(N)N)C(=O)O. The van der Waals surface area contributed by atoms with Gasteiger partial charge in [0.05, 0.1) is 12.5 Å². The molecular formula is C19H37N9O6S. The summed E-state index contributed by atoms with van der Waals surface area (Å²) in [5.74, 6) is -4.60. The van der Waals surface area contributed by atoms with E-state index in [-0.39, 0.29) is 37.5 Å². The van der Waals surface area contributed by atoms with Crippen molar-refractivity contribution in [2.75, 3.05) is 18.8 Å². The van der Waals surface area contributed by atoms with Crippen molar-refractivity contribution in [2.45, 2.75) is 62.7 Å². The van der Waals surface area contributed by atoms with E-state index in [0.717, 1.165) is 0 Å². The molecule has 0 spiro atoms. The molecule has 0 fully saturated rings. The van der Waals surface area contributed by atoms with Gasteiger partial charge in [-0.05, 0) is 38.6 Å². The van der Waals surface area contributed by atoms with Crippen LogP contribution in [-0.4, -0.2) is 83.7 Å². The maximum absolute atomic E-state index is 12.8. The van der Waals surface area contributed by atoms with Crippen LogP contribution in [-0.2, 0) is 24.0 Å². The molecule has 0 saturated heterocycles. The predicted octanol–water partition coefficient (Wildman–Crippen LogP) is -4.16. The highest BCUT2D eigenvalue weighted by Crippen LogP contribution is 2.05. The first-order valence-corrected chi connectivity index (χ1v) is 11.6. The normalized spacial score (nSPS) is 14.0. The lowest BCUT2D eigenvalue weighted by Crippen LogP contribution is -2.57. The Labute approximate surface area is 208 Å². The number of unbranched alkanes of at least 4 members (excludes halogenated alkanes) is 1. The number of carbonyl (C=O) groups excluding carboxylic acids is 4. The van der Waals surface area contributed by atoms with E-state index in [1.165, 1.54) is 0 Å². The highest BCUT2D eigenvalue weighted by atomic mass is 32.1. The second-order valence-corrected chi connectivity index (χ2v) is 8.08. The number of nitrogens with two attached hydrogens (primary N) is 5. The standard InChI is InChI=1S/C19H37N9O6S/c20-6-2-1-4-11(26-15(30)10(21)8-14(22)29)16(31)28-13(9-35)17(32)27-12(18(33)34)5-3-7-25-19(23)24/h10-13,35H,1-9,20-21H2,(H2,22,29)(H,26,30)(H,27,32)(H,28,31)(H,33,34)(H4,23,24,25). The number of primary amides is 1. The van der Waals surface area contributed by atoms with E-state index in [9.17, 15) is 29.1 Å². The zero-order valence-electron chi connectivity index (χ0n) is 19.4. The highest BCUT2D eigenvalue weighted by Gasteiger charge is 2.29. The molecule has 15 nitrogen and oxygen atoms in total. The van der Waals surface area contributed by atoms with Crippen LogP contribution in [0.3, 0.4) is 0 Å². The molecule has 14 N–H and O–H groups in total. The fourth-order valence-electron chi connectivity index (χ4n) is 2.85. The van der Waals surface area contributed by atoms with E-state index >= 15 is 0 Å². The minimum atomic E-state index is -1.28. The summed E-state index contributed by atoms with van der Waals surface area (Å²) in [6.45, 7) is 0.543. The Morgan fingerprint density at radius 3 is 1.89 bits per heavy atom. The van der Waals surface area contributed by atoms with Gasteiger partial charge in [-0.2, -0.15) is 12.6 Å². The molecule has 0 heterocycles. The van der Waals surface area contributed by atoms with Crippen molar-refractivity contribution < 1.29 is 29.1 Å². The van der Waals surface area contributed by atoms with Gasteiger partial charge in [-0.25, -0.2) is 4.79 Å². The van der Waals surface area contributed by atoms with E-state index in [1.54, 1.807) is 0 Å². The van der Waals surface area contributed by atoms with E-state index in [4.69, 9.17) is 28.7 Å². The number of thiol groups is 1. The van der Waals surface area contributed by atoms with Gasteiger partial charge in [0.15, 0.2) is 5.96 Å². The van der Waals surface area contributed by atoms with Crippen molar-refractivity contribution in [1.82, 2.24) is 16.0 Å². The molecule has 0 aliphatic heterocycles. The van der Waals surface area contributed by atoms with Crippen LogP contribution in [0.15, 0.2) is 4.99 Å². The molecule has 0 aromatic rings. The maximum atomic E-state index is 12.8. The average Bonchev–Trinajstić information content (AvgIpc) is 2.77. The molecule has 0 aliphatic carbocycles. The van der Waals surface area contributed by atoms with Gasteiger partial charge >= 0.3 is 5.97 Å². The predicted molar refractivity (Wildman–Crippen MR) is 132 cm³/mol.